The fraction of sp³-hybridized carbons (Fsp3) is 0.167. The van der Waals surface area contributed by atoms with Crippen LogP contribution in [0.2, 0.25) is 0 Å². The van der Waals surface area contributed by atoms with Crippen molar-refractivity contribution in [3.8, 4) is 22.6 Å². The highest BCUT2D eigenvalue weighted by Gasteiger charge is 2.31. The van der Waals surface area contributed by atoms with Gasteiger partial charge >= 0.3 is 6.36 Å². The quantitative estimate of drug-likeness (QED) is 0.535. The molecule has 0 unspecified atom stereocenters. The minimum Gasteiger partial charge on any atom is -0.435 e. The molecule has 0 N–H and O–H groups in total. The standard InChI is InChI=1S/C18H13F3N4O3/c1-10-23-15-14(11-7-22-24(2)8-11)9-25(17(26)16(15)27-10)12-3-5-13(6-4-12)28-18(19,20)21/h3-9H,1-2H3. The van der Waals surface area contributed by atoms with Crippen LogP contribution in [-0.2, 0) is 7.05 Å². The molecule has 0 aliphatic carbocycles. The molecule has 0 bridgehead atoms. The van der Waals surface area contributed by atoms with Gasteiger partial charge in [-0.1, -0.05) is 0 Å². The lowest BCUT2D eigenvalue weighted by Gasteiger charge is -2.11. The number of hydrogen-bond donors (Lipinski definition) is 0. The molecule has 0 radical (unpaired) electrons. The minimum absolute atomic E-state index is 0.0504. The van der Waals surface area contributed by atoms with Crippen LogP contribution in [0, 0.1) is 6.92 Å². The highest BCUT2D eigenvalue weighted by atomic mass is 19.4. The largest absolute Gasteiger partial charge is 0.573 e. The fourth-order valence-corrected chi connectivity index (χ4v) is 2.88. The number of aromatic nitrogens is 4. The third-order valence-electron chi connectivity index (χ3n) is 4.02. The third kappa shape index (κ3) is 3.24. The summed E-state index contributed by atoms with van der Waals surface area (Å²) in [4.78, 5) is 17.1. The second kappa shape index (κ2) is 6.25. The maximum Gasteiger partial charge on any atom is 0.573 e. The van der Waals surface area contributed by atoms with Gasteiger partial charge in [0.15, 0.2) is 5.89 Å². The van der Waals surface area contributed by atoms with Gasteiger partial charge in [-0.2, -0.15) is 5.10 Å². The lowest BCUT2D eigenvalue weighted by molar-refractivity contribution is -0.274. The zero-order chi connectivity index (χ0) is 20.1. The van der Waals surface area contributed by atoms with Crippen molar-refractivity contribution in [2.24, 2.45) is 7.05 Å². The predicted molar refractivity (Wildman–Crippen MR) is 93.2 cm³/mol. The second-order valence-corrected chi connectivity index (χ2v) is 6.07. The van der Waals surface area contributed by atoms with Crippen molar-refractivity contribution < 1.29 is 22.3 Å². The van der Waals surface area contributed by atoms with Gasteiger partial charge in [-0.3, -0.25) is 14.0 Å². The molecule has 0 saturated carbocycles. The monoisotopic (exact) mass is 390 g/mol. The number of nitrogens with zero attached hydrogens (tertiary/aromatic N) is 4. The van der Waals surface area contributed by atoms with Crippen LogP contribution in [0.4, 0.5) is 13.2 Å². The zero-order valence-electron chi connectivity index (χ0n) is 14.7. The SMILES string of the molecule is Cc1nc2c(-c3cnn(C)c3)cn(-c3ccc(OC(F)(F)F)cc3)c(=O)c2o1. The van der Waals surface area contributed by atoms with E-state index in [-0.39, 0.29) is 11.3 Å². The maximum atomic E-state index is 12.8. The second-order valence-electron chi connectivity index (χ2n) is 6.07. The van der Waals surface area contributed by atoms with Crippen molar-refractivity contribution in [3.05, 3.63) is 59.1 Å². The van der Waals surface area contributed by atoms with Crippen molar-refractivity contribution in [1.29, 1.82) is 0 Å². The van der Waals surface area contributed by atoms with Crippen molar-refractivity contribution in [2.75, 3.05) is 0 Å². The first kappa shape index (κ1) is 17.8. The smallest absolute Gasteiger partial charge is 0.435 e. The molecular formula is C18H13F3N4O3. The number of aryl methyl sites for hydroxylation is 2. The van der Waals surface area contributed by atoms with Crippen molar-refractivity contribution in [3.63, 3.8) is 0 Å². The summed E-state index contributed by atoms with van der Waals surface area (Å²) in [6, 6.07) is 4.97. The molecule has 0 spiro atoms. The number of fused-ring (bicyclic) bond motifs is 1. The maximum absolute atomic E-state index is 12.8. The Morgan fingerprint density at radius 1 is 1.14 bits per heavy atom. The van der Waals surface area contributed by atoms with Crippen LogP contribution in [0.15, 0.2) is 52.1 Å². The third-order valence-corrected chi connectivity index (χ3v) is 4.02. The Hall–Kier alpha value is -3.56. The Morgan fingerprint density at radius 3 is 2.46 bits per heavy atom. The van der Waals surface area contributed by atoms with E-state index in [0.29, 0.717) is 28.2 Å². The molecule has 7 nitrogen and oxygen atoms in total. The van der Waals surface area contributed by atoms with E-state index in [2.05, 4.69) is 14.8 Å². The minimum atomic E-state index is -4.79. The first-order valence-electron chi connectivity index (χ1n) is 8.09. The molecule has 0 amide bonds. The molecule has 10 heteroatoms. The van der Waals surface area contributed by atoms with Crippen molar-refractivity contribution >= 4 is 11.1 Å². The lowest BCUT2D eigenvalue weighted by Crippen LogP contribution is -2.19. The van der Waals surface area contributed by atoms with E-state index in [4.69, 9.17) is 4.42 Å². The van der Waals surface area contributed by atoms with Gasteiger partial charge in [0.1, 0.15) is 11.3 Å². The van der Waals surface area contributed by atoms with Crippen LogP contribution in [0.3, 0.4) is 0 Å². The van der Waals surface area contributed by atoms with Crippen LogP contribution in [0.1, 0.15) is 5.89 Å². The van der Waals surface area contributed by atoms with Gasteiger partial charge in [0.25, 0.3) is 5.56 Å². The first-order valence-corrected chi connectivity index (χ1v) is 8.09. The predicted octanol–water partition coefficient (Wildman–Crippen LogP) is 3.59. The molecule has 4 rings (SSSR count). The van der Waals surface area contributed by atoms with Crippen LogP contribution in [-0.4, -0.2) is 25.7 Å². The molecule has 0 atom stereocenters. The summed E-state index contributed by atoms with van der Waals surface area (Å²) in [5.41, 5.74) is 1.63. The molecule has 3 heterocycles. The van der Waals surface area contributed by atoms with Gasteiger partial charge < -0.3 is 9.15 Å². The van der Waals surface area contributed by atoms with Gasteiger partial charge in [-0.25, -0.2) is 4.98 Å². The molecule has 3 aromatic heterocycles. The summed E-state index contributed by atoms with van der Waals surface area (Å²) >= 11 is 0. The molecule has 144 valence electrons. The van der Waals surface area contributed by atoms with Gasteiger partial charge in [-0.05, 0) is 24.3 Å². The number of alkyl halides is 3. The van der Waals surface area contributed by atoms with E-state index in [1.807, 2.05) is 0 Å². The number of hydrogen-bond acceptors (Lipinski definition) is 5. The number of rotatable bonds is 3. The first-order chi connectivity index (χ1) is 13.2. The Bertz CT molecular complexity index is 1220. The average molecular weight is 390 g/mol. The molecule has 0 saturated heterocycles. The summed E-state index contributed by atoms with van der Waals surface area (Å²) in [5.74, 6) is -0.0581. The zero-order valence-corrected chi connectivity index (χ0v) is 14.7. The van der Waals surface area contributed by atoms with E-state index in [9.17, 15) is 18.0 Å². The summed E-state index contributed by atoms with van der Waals surface area (Å²) in [6.07, 6.45) is 0.146. The Morgan fingerprint density at radius 2 is 1.86 bits per heavy atom. The van der Waals surface area contributed by atoms with E-state index < -0.39 is 11.9 Å². The summed E-state index contributed by atoms with van der Waals surface area (Å²) in [6.45, 7) is 1.63. The van der Waals surface area contributed by atoms with Crippen LogP contribution in [0.25, 0.3) is 27.9 Å². The summed E-state index contributed by atoms with van der Waals surface area (Å²) < 4.78 is 49.3. The highest BCUT2D eigenvalue weighted by molar-refractivity contribution is 5.89. The number of oxazole rings is 1. The molecule has 1 aromatic carbocycles. The Balaban J connectivity index is 1.88. The average Bonchev–Trinajstić information content (AvgIpc) is 3.21. The van der Waals surface area contributed by atoms with E-state index in [0.717, 1.165) is 12.1 Å². The van der Waals surface area contributed by atoms with Crippen molar-refractivity contribution in [1.82, 2.24) is 19.3 Å². The number of ether oxygens (including phenoxy) is 1. The molecule has 4 aromatic rings. The molecule has 28 heavy (non-hydrogen) atoms. The molecule has 0 fully saturated rings. The summed E-state index contributed by atoms with van der Waals surface area (Å²) in [5, 5.41) is 4.12. The number of pyridine rings is 1. The molecule has 0 aliphatic heterocycles. The molecular weight excluding hydrogens is 377 g/mol. The summed E-state index contributed by atoms with van der Waals surface area (Å²) in [7, 11) is 1.75. The lowest BCUT2D eigenvalue weighted by atomic mass is 10.1. The normalized spacial score (nSPS) is 11.9. The van der Waals surface area contributed by atoms with E-state index in [1.54, 1.807) is 37.2 Å². The number of benzene rings is 1. The van der Waals surface area contributed by atoms with E-state index in [1.165, 1.54) is 16.7 Å². The Labute approximate surface area is 155 Å². The molecule has 0 aliphatic rings. The van der Waals surface area contributed by atoms with Crippen LogP contribution in [0.5, 0.6) is 5.75 Å². The van der Waals surface area contributed by atoms with Gasteiger partial charge in [-0.15, -0.1) is 13.2 Å². The fourth-order valence-electron chi connectivity index (χ4n) is 2.88. The van der Waals surface area contributed by atoms with Crippen molar-refractivity contribution in [2.45, 2.75) is 13.3 Å². The van der Waals surface area contributed by atoms with Gasteiger partial charge in [0.2, 0.25) is 5.58 Å². The van der Waals surface area contributed by atoms with Gasteiger partial charge in [0.05, 0.1) is 6.20 Å². The van der Waals surface area contributed by atoms with Crippen LogP contribution < -0.4 is 10.3 Å². The Kier molecular flexibility index (Phi) is 3.98. The van der Waals surface area contributed by atoms with E-state index >= 15 is 0 Å². The van der Waals surface area contributed by atoms with Gasteiger partial charge in [0, 0.05) is 43.2 Å². The topological polar surface area (TPSA) is 75.1 Å². The number of halogens is 3. The highest BCUT2D eigenvalue weighted by Crippen LogP contribution is 2.28. The van der Waals surface area contributed by atoms with Crippen LogP contribution >= 0.6 is 0 Å².